The summed E-state index contributed by atoms with van der Waals surface area (Å²) in [4.78, 5) is 0. The minimum Gasteiger partial charge on any atom is -0.325 e. The quantitative estimate of drug-likeness (QED) is 0.520. The first-order valence-electron chi connectivity index (χ1n) is 3.92. The van der Waals surface area contributed by atoms with Crippen molar-refractivity contribution in [3.8, 4) is 0 Å². The van der Waals surface area contributed by atoms with Crippen LogP contribution in [0.5, 0.6) is 0 Å². The van der Waals surface area contributed by atoms with Gasteiger partial charge in [0.1, 0.15) is 0 Å². The van der Waals surface area contributed by atoms with E-state index in [1.54, 1.807) is 0 Å². The van der Waals surface area contributed by atoms with Gasteiger partial charge in [-0.1, -0.05) is 6.92 Å². The fourth-order valence-corrected chi connectivity index (χ4v) is 2.72. The van der Waals surface area contributed by atoms with Gasteiger partial charge in [0, 0.05) is 5.54 Å². The molecule has 2 aliphatic carbocycles. The van der Waals surface area contributed by atoms with E-state index in [9.17, 15) is 0 Å². The van der Waals surface area contributed by atoms with E-state index in [1.807, 2.05) is 0 Å². The van der Waals surface area contributed by atoms with Crippen LogP contribution in [0.4, 0.5) is 0 Å². The summed E-state index contributed by atoms with van der Waals surface area (Å²) in [6.45, 7) is 4.54. The second-order valence-corrected chi connectivity index (χ2v) is 4.09. The molecule has 9 heavy (non-hydrogen) atoms. The average molecular weight is 125 g/mol. The molecule has 0 heterocycles. The zero-order valence-corrected chi connectivity index (χ0v) is 6.22. The lowest BCUT2D eigenvalue weighted by atomic mass is 9.95. The second-order valence-electron chi connectivity index (χ2n) is 4.09. The summed E-state index contributed by atoms with van der Waals surface area (Å²) >= 11 is 0. The number of fused-ring (bicyclic) bond motifs is 1. The van der Waals surface area contributed by atoms with Crippen LogP contribution in [0.15, 0.2) is 0 Å². The van der Waals surface area contributed by atoms with E-state index in [0.717, 1.165) is 17.8 Å². The van der Waals surface area contributed by atoms with E-state index in [-0.39, 0.29) is 5.54 Å². The Bertz CT molecular complexity index is 140. The average Bonchev–Trinajstić information content (AvgIpc) is 2.24. The summed E-state index contributed by atoms with van der Waals surface area (Å²) in [6.07, 6.45) is 2.64. The highest BCUT2D eigenvalue weighted by molar-refractivity contribution is 5.12. The summed E-state index contributed by atoms with van der Waals surface area (Å²) in [5.74, 6) is 2.81. The smallest absolute Gasteiger partial charge is 0.0159 e. The van der Waals surface area contributed by atoms with Crippen LogP contribution < -0.4 is 5.73 Å². The fraction of sp³-hybridized carbons (Fsp3) is 1.00. The molecule has 2 saturated carbocycles. The van der Waals surface area contributed by atoms with Crippen LogP contribution in [-0.4, -0.2) is 5.54 Å². The van der Waals surface area contributed by atoms with Crippen LogP contribution in [0, 0.1) is 17.8 Å². The fourth-order valence-electron chi connectivity index (χ4n) is 2.72. The van der Waals surface area contributed by atoms with E-state index in [0.29, 0.717) is 0 Å². The molecule has 0 unspecified atom stereocenters. The van der Waals surface area contributed by atoms with Gasteiger partial charge in [-0.3, -0.25) is 0 Å². The molecule has 0 radical (unpaired) electrons. The number of hydrogen-bond donors (Lipinski definition) is 1. The maximum Gasteiger partial charge on any atom is 0.0159 e. The molecule has 1 heteroatoms. The monoisotopic (exact) mass is 125 g/mol. The van der Waals surface area contributed by atoms with E-state index in [4.69, 9.17) is 5.73 Å². The summed E-state index contributed by atoms with van der Waals surface area (Å²) in [5, 5.41) is 0. The van der Waals surface area contributed by atoms with Gasteiger partial charge < -0.3 is 5.73 Å². The molecule has 0 aliphatic heterocycles. The largest absolute Gasteiger partial charge is 0.325 e. The molecule has 0 amide bonds. The molecule has 2 fully saturated rings. The minimum atomic E-state index is 0.198. The lowest BCUT2D eigenvalue weighted by Crippen LogP contribution is -2.36. The van der Waals surface area contributed by atoms with Crippen molar-refractivity contribution in [3.63, 3.8) is 0 Å². The van der Waals surface area contributed by atoms with Crippen molar-refractivity contribution < 1.29 is 0 Å². The first kappa shape index (κ1) is 5.72. The standard InChI is InChI=1S/C8H15N/c1-5-6-3-4-8(2,9)7(5)6/h5-7H,3-4,9H2,1-2H3/t5-,6+,7-,8+/m1/s1. The van der Waals surface area contributed by atoms with Crippen molar-refractivity contribution in [1.29, 1.82) is 0 Å². The van der Waals surface area contributed by atoms with Crippen molar-refractivity contribution in [1.82, 2.24) is 0 Å². The summed E-state index contributed by atoms with van der Waals surface area (Å²) in [7, 11) is 0. The van der Waals surface area contributed by atoms with Crippen LogP contribution in [0.1, 0.15) is 26.7 Å². The summed E-state index contributed by atoms with van der Waals surface area (Å²) in [5.41, 5.74) is 6.25. The number of nitrogens with two attached hydrogens (primary N) is 1. The summed E-state index contributed by atoms with van der Waals surface area (Å²) < 4.78 is 0. The first-order chi connectivity index (χ1) is 4.13. The van der Waals surface area contributed by atoms with Crippen molar-refractivity contribution in [2.24, 2.45) is 23.5 Å². The molecule has 0 spiro atoms. The van der Waals surface area contributed by atoms with Gasteiger partial charge >= 0.3 is 0 Å². The lowest BCUT2D eigenvalue weighted by molar-refractivity contribution is 0.395. The Balaban J connectivity index is 2.16. The maximum atomic E-state index is 6.05. The molecule has 0 aromatic heterocycles. The number of hydrogen-bond acceptors (Lipinski definition) is 1. The molecular formula is C8H15N. The van der Waals surface area contributed by atoms with Gasteiger partial charge in [-0.05, 0) is 37.5 Å². The Morgan fingerprint density at radius 3 is 2.44 bits per heavy atom. The van der Waals surface area contributed by atoms with Gasteiger partial charge in [0.05, 0.1) is 0 Å². The Morgan fingerprint density at radius 1 is 1.56 bits per heavy atom. The molecule has 2 aliphatic rings. The van der Waals surface area contributed by atoms with Gasteiger partial charge in [0.15, 0.2) is 0 Å². The third kappa shape index (κ3) is 0.586. The minimum absolute atomic E-state index is 0.198. The second kappa shape index (κ2) is 1.34. The van der Waals surface area contributed by atoms with Crippen LogP contribution in [-0.2, 0) is 0 Å². The van der Waals surface area contributed by atoms with Gasteiger partial charge in [0.2, 0.25) is 0 Å². The molecule has 1 nitrogen and oxygen atoms in total. The van der Waals surface area contributed by atoms with E-state index < -0.39 is 0 Å². The lowest BCUT2D eigenvalue weighted by Gasteiger charge is -2.20. The molecule has 2 rings (SSSR count). The third-order valence-electron chi connectivity index (χ3n) is 3.34. The molecule has 0 saturated heterocycles. The van der Waals surface area contributed by atoms with E-state index >= 15 is 0 Å². The molecule has 4 atom stereocenters. The first-order valence-corrected chi connectivity index (χ1v) is 3.92. The molecule has 52 valence electrons. The van der Waals surface area contributed by atoms with Crippen LogP contribution in [0.25, 0.3) is 0 Å². The molecule has 0 bridgehead atoms. The summed E-state index contributed by atoms with van der Waals surface area (Å²) in [6, 6.07) is 0. The van der Waals surface area contributed by atoms with Gasteiger partial charge in [0.25, 0.3) is 0 Å². The Kier molecular flexibility index (Phi) is 0.852. The predicted molar refractivity (Wildman–Crippen MR) is 38.0 cm³/mol. The Labute approximate surface area is 56.6 Å². The van der Waals surface area contributed by atoms with Crippen LogP contribution in [0.2, 0.25) is 0 Å². The topological polar surface area (TPSA) is 26.0 Å². The molecule has 2 N–H and O–H groups in total. The van der Waals surface area contributed by atoms with Gasteiger partial charge in [-0.15, -0.1) is 0 Å². The highest BCUT2D eigenvalue weighted by Crippen LogP contribution is 2.60. The highest BCUT2D eigenvalue weighted by Gasteiger charge is 2.59. The SMILES string of the molecule is C[C@@H]1[C@@H]2CC[C@](C)(N)[C@H]12. The van der Waals surface area contributed by atoms with Crippen molar-refractivity contribution >= 4 is 0 Å². The normalized spacial score (nSPS) is 63.7. The Morgan fingerprint density at radius 2 is 2.22 bits per heavy atom. The van der Waals surface area contributed by atoms with Crippen molar-refractivity contribution in [3.05, 3.63) is 0 Å². The third-order valence-corrected chi connectivity index (χ3v) is 3.34. The van der Waals surface area contributed by atoms with Crippen LogP contribution >= 0.6 is 0 Å². The highest BCUT2D eigenvalue weighted by atomic mass is 14.8. The number of rotatable bonds is 0. The molecule has 0 aromatic rings. The van der Waals surface area contributed by atoms with Gasteiger partial charge in [-0.25, -0.2) is 0 Å². The maximum absolute atomic E-state index is 6.05. The predicted octanol–water partition coefficient (Wildman–Crippen LogP) is 1.38. The zero-order chi connectivity index (χ0) is 6.65. The van der Waals surface area contributed by atoms with Gasteiger partial charge in [-0.2, -0.15) is 0 Å². The molecule has 0 aromatic carbocycles. The van der Waals surface area contributed by atoms with Crippen molar-refractivity contribution in [2.75, 3.05) is 0 Å². The van der Waals surface area contributed by atoms with Crippen molar-refractivity contribution in [2.45, 2.75) is 32.2 Å². The van der Waals surface area contributed by atoms with E-state index in [1.165, 1.54) is 12.8 Å². The van der Waals surface area contributed by atoms with Crippen LogP contribution in [0.3, 0.4) is 0 Å². The van der Waals surface area contributed by atoms with E-state index in [2.05, 4.69) is 13.8 Å². The molecular weight excluding hydrogens is 110 g/mol. The zero-order valence-electron chi connectivity index (χ0n) is 6.22. The Hall–Kier alpha value is -0.0400.